The van der Waals surface area contributed by atoms with Crippen molar-refractivity contribution in [2.24, 2.45) is 22.8 Å². The minimum absolute atomic E-state index is 0.0949. The number of Topliss-reactive ketones (excluding diaryl/α,β-unsaturated/α-hetero) is 2. The van der Waals surface area contributed by atoms with Crippen LogP contribution in [0.5, 0.6) is 0 Å². The largest absolute Gasteiger partial charge is 0.480 e. The molecule has 0 radical (unpaired) electrons. The van der Waals surface area contributed by atoms with Gasteiger partial charge in [-0.1, -0.05) is 27.7 Å². The van der Waals surface area contributed by atoms with E-state index >= 15 is 0 Å². The fourth-order valence-corrected chi connectivity index (χ4v) is 4.16. The zero-order valence-electron chi connectivity index (χ0n) is 21.2. The molecule has 0 aromatic carbocycles. The van der Waals surface area contributed by atoms with Crippen LogP contribution in [0.15, 0.2) is 11.3 Å². The number of nitrogens with two attached hydrogens (primary N) is 2. The maximum atomic E-state index is 12.7. The molecule has 0 aromatic rings. The Morgan fingerprint density at radius 2 is 1.62 bits per heavy atom. The van der Waals surface area contributed by atoms with Crippen LogP contribution in [0.4, 0.5) is 0 Å². The molecule has 1 amide bonds. The molecule has 0 unspecified atom stereocenters. The van der Waals surface area contributed by atoms with Gasteiger partial charge in [0.05, 0.1) is 11.6 Å². The number of hydrogen-bond acceptors (Lipinski definition) is 7. The topological polar surface area (TPSA) is 165 Å². The van der Waals surface area contributed by atoms with Crippen LogP contribution >= 0.6 is 0 Å². The standard InChI is InChI=1S/C25H44N4O5/c1-16(2)13-19(22-20(30)14-25(3,4)15-21(22)31)28-12-8-6-9-17(27)23(32)29-18(24(33)34)10-5-7-11-26/h16-18,28H,5-15,26-27H2,1-4H3,(H,29,32)(H,33,34)/t17-,18-/m0/s1. The van der Waals surface area contributed by atoms with Crippen molar-refractivity contribution in [2.75, 3.05) is 13.1 Å². The van der Waals surface area contributed by atoms with Gasteiger partial charge in [0.1, 0.15) is 6.04 Å². The van der Waals surface area contributed by atoms with Gasteiger partial charge in [-0.05, 0) is 62.8 Å². The highest BCUT2D eigenvalue weighted by Gasteiger charge is 2.37. The number of carbonyl (C=O) groups is 4. The lowest BCUT2D eigenvalue weighted by Crippen LogP contribution is -2.48. The maximum Gasteiger partial charge on any atom is 0.326 e. The van der Waals surface area contributed by atoms with E-state index in [1.807, 2.05) is 27.7 Å². The van der Waals surface area contributed by atoms with Gasteiger partial charge in [-0.3, -0.25) is 14.4 Å². The predicted octanol–water partition coefficient (Wildman–Crippen LogP) is 2.03. The highest BCUT2D eigenvalue weighted by molar-refractivity contribution is 6.22. The Kier molecular flexibility index (Phi) is 12.4. The summed E-state index contributed by atoms with van der Waals surface area (Å²) in [6.07, 6.45) is 4.73. The average Bonchev–Trinajstić information content (AvgIpc) is 2.70. The van der Waals surface area contributed by atoms with Crippen LogP contribution in [0.3, 0.4) is 0 Å². The molecule has 1 fully saturated rings. The van der Waals surface area contributed by atoms with Crippen molar-refractivity contribution < 1.29 is 24.3 Å². The summed E-state index contributed by atoms with van der Waals surface area (Å²) in [5.74, 6) is -1.46. The second-order valence-corrected chi connectivity index (χ2v) is 10.5. The molecule has 0 saturated heterocycles. The van der Waals surface area contributed by atoms with Crippen molar-refractivity contribution in [1.29, 1.82) is 0 Å². The molecule has 0 spiro atoms. The number of carboxylic acid groups (broad SMARTS) is 1. The highest BCUT2D eigenvalue weighted by Crippen LogP contribution is 2.35. The number of hydrogen-bond donors (Lipinski definition) is 5. The number of unbranched alkanes of at least 4 members (excludes halogenated alkanes) is 2. The molecule has 9 nitrogen and oxygen atoms in total. The van der Waals surface area contributed by atoms with Crippen LogP contribution in [-0.2, 0) is 19.2 Å². The molecule has 0 aliphatic heterocycles. The van der Waals surface area contributed by atoms with E-state index in [4.69, 9.17) is 11.5 Å². The van der Waals surface area contributed by atoms with Gasteiger partial charge in [0.15, 0.2) is 11.6 Å². The molecule has 0 heterocycles. The summed E-state index contributed by atoms with van der Waals surface area (Å²) >= 11 is 0. The zero-order valence-corrected chi connectivity index (χ0v) is 21.2. The van der Waals surface area contributed by atoms with Gasteiger partial charge >= 0.3 is 5.97 Å². The number of ketones is 2. The van der Waals surface area contributed by atoms with Crippen LogP contribution in [0.25, 0.3) is 0 Å². The minimum Gasteiger partial charge on any atom is -0.480 e. The summed E-state index contributed by atoms with van der Waals surface area (Å²) in [4.78, 5) is 49.0. The molecular weight excluding hydrogens is 436 g/mol. The molecule has 0 aromatic heterocycles. The minimum atomic E-state index is -1.08. The predicted molar refractivity (Wildman–Crippen MR) is 132 cm³/mol. The lowest BCUT2D eigenvalue weighted by molar-refractivity contribution is -0.142. The molecule has 1 aliphatic rings. The van der Waals surface area contributed by atoms with Gasteiger partial charge < -0.3 is 27.2 Å². The molecule has 194 valence electrons. The third kappa shape index (κ3) is 10.3. The third-order valence-corrected chi connectivity index (χ3v) is 5.93. The third-order valence-electron chi connectivity index (χ3n) is 5.93. The number of nitrogens with one attached hydrogen (secondary N) is 2. The first-order chi connectivity index (χ1) is 15.9. The fraction of sp³-hybridized carbons (Fsp3) is 0.760. The smallest absolute Gasteiger partial charge is 0.326 e. The van der Waals surface area contributed by atoms with E-state index < -0.39 is 24.0 Å². The average molecular weight is 481 g/mol. The van der Waals surface area contributed by atoms with Gasteiger partial charge in [0.25, 0.3) is 0 Å². The number of amides is 1. The molecule has 7 N–H and O–H groups in total. The number of carbonyl (C=O) groups excluding carboxylic acids is 3. The summed E-state index contributed by atoms with van der Waals surface area (Å²) in [6.45, 7) is 9.00. The normalized spacial score (nSPS) is 17.4. The van der Waals surface area contributed by atoms with E-state index in [9.17, 15) is 24.3 Å². The van der Waals surface area contributed by atoms with Crippen LogP contribution in [0, 0.1) is 11.3 Å². The molecule has 1 aliphatic carbocycles. The van der Waals surface area contributed by atoms with E-state index in [2.05, 4.69) is 10.6 Å². The van der Waals surface area contributed by atoms with Crippen molar-refractivity contribution in [2.45, 2.75) is 97.6 Å². The number of carboxylic acids is 1. The first-order valence-corrected chi connectivity index (χ1v) is 12.4. The van der Waals surface area contributed by atoms with E-state index in [1.54, 1.807) is 0 Å². The first kappa shape index (κ1) is 29.8. The second kappa shape index (κ2) is 14.2. The van der Waals surface area contributed by atoms with Gasteiger partial charge in [-0.2, -0.15) is 0 Å². The first-order valence-electron chi connectivity index (χ1n) is 12.4. The maximum absolute atomic E-state index is 12.7. The Balaban J connectivity index is 2.57. The van der Waals surface area contributed by atoms with Crippen molar-refractivity contribution in [3.05, 3.63) is 11.3 Å². The van der Waals surface area contributed by atoms with E-state index in [-0.39, 0.29) is 22.9 Å². The van der Waals surface area contributed by atoms with Gasteiger partial charge in [-0.15, -0.1) is 0 Å². The number of allylic oxidation sites excluding steroid dienone is 2. The summed E-state index contributed by atoms with van der Waals surface area (Å²) < 4.78 is 0. The summed E-state index contributed by atoms with van der Waals surface area (Å²) in [7, 11) is 0. The van der Waals surface area contributed by atoms with Crippen molar-refractivity contribution >= 4 is 23.4 Å². The SMILES string of the molecule is CC(C)CC(NCCCC[C@H](N)C(=O)N[C@@H](CCCCN)C(=O)O)=C1C(=O)CC(C)(C)CC1=O. The monoisotopic (exact) mass is 480 g/mol. The Labute approximate surface area is 203 Å². The Bertz CT molecular complexity index is 738. The molecule has 2 atom stereocenters. The van der Waals surface area contributed by atoms with Crippen molar-refractivity contribution in [1.82, 2.24) is 10.6 Å². The molecule has 9 heteroatoms. The van der Waals surface area contributed by atoms with E-state index in [0.29, 0.717) is 82.1 Å². The molecule has 0 bridgehead atoms. The number of aliphatic carboxylic acids is 1. The molecule has 1 rings (SSSR count). The lowest BCUT2D eigenvalue weighted by atomic mass is 9.73. The van der Waals surface area contributed by atoms with E-state index in [1.165, 1.54) is 0 Å². The highest BCUT2D eigenvalue weighted by atomic mass is 16.4. The summed E-state index contributed by atoms with van der Waals surface area (Å²) in [5, 5.41) is 15.1. The van der Waals surface area contributed by atoms with Crippen molar-refractivity contribution in [3.8, 4) is 0 Å². The Morgan fingerprint density at radius 1 is 1.03 bits per heavy atom. The quantitative estimate of drug-likeness (QED) is 0.135. The van der Waals surface area contributed by atoms with Gasteiger partial charge in [-0.25, -0.2) is 4.79 Å². The molecule has 1 saturated carbocycles. The Hall–Kier alpha value is -2.26. The van der Waals surface area contributed by atoms with Crippen LogP contribution in [0.1, 0.15) is 85.5 Å². The molecule has 34 heavy (non-hydrogen) atoms. The van der Waals surface area contributed by atoms with Crippen molar-refractivity contribution in [3.63, 3.8) is 0 Å². The number of rotatable bonds is 15. The van der Waals surface area contributed by atoms with Crippen LogP contribution < -0.4 is 22.1 Å². The van der Waals surface area contributed by atoms with Crippen LogP contribution in [-0.4, -0.2) is 53.7 Å². The summed E-state index contributed by atoms with van der Waals surface area (Å²) in [5.41, 5.74) is 12.1. The summed E-state index contributed by atoms with van der Waals surface area (Å²) in [6, 6.07) is -1.76. The second-order valence-electron chi connectivity index (χ2n) is 10.5. The fourth-order valence-electron chi connectivity index (χ4n) is 4.16. The van der Waals surface area contributed by atoms with Crippen LogP contribution in [0.2, 0.25) is 0 Å². The van der Waals surface area contributed by atoms with Gasteiger partial charge in [0.2, 0.25) is 5.91 Å². The molecular formula is C25H44N4O5. The Morgan fingerprint density at radius 3 is 2.15 bits per heavy atom. The van der Waals surface area contributed by atoms with E-state index in [0.717, 1.165) is 0 Å². The zero-order chi connectivity index (χ0) is 25.9. The lowest BCUT2D eigenvalue weighted by Gasteiger charge is -2.30. The van der Waals surface area contributed by atoms with Gasteiger partial charge in [0, 0.05) is 25.1 Å².